The first-order valence-corrected chi connectivity index (χ1v) is 5.14. The molecule has 1 aromatic carbocycles. The largest absolute Gasteiger partial charge is 0.416 e. The van der Waals surface area contributed by atoms with Gasteiger partial charge in [0, 0.05) is 25.6 Å². The minimum atomic E-state index is -4.29. The van der Waals surface area contributed by atoms with Crippen LogP contribution in [-0.4, -0.2) is 13.1 Å². The summed E-state index contributed by atoms with van der Waals surface area (Å²) in [5.41, 5.74) is 6.09. The zero-order valence-electron chi connectivity index (χ0n) is 8.64. The molecule has 1 heterocycles. The van der Waals surface area contributed by atoms with E-state index < -0.39 is 11.7 Å². The summed E-state index contributed by atoms with van der Waals surface area (Å²) in [6, 6.07) is 4.32. The molecular weight excluding hydrogens is 217 g/mol. The molecule has 1 aliphatic rings. The summed E-state index contributed by atoms with van der Waals surface area (Å²) in [4.78, 5) is 0. The van der Waals surface area contributed by atoms with Crippen LogP contribution in [0, 0.1) is 0 Å². The Kier molecular flexibility index (Phi) is 2.90. The highest BCUT2D eigenvalue weighted by Gasteiger charge is 2.35. The normalized spacial score (nSPS) is 20.6. The van der Waals surface area contributed by atoms with Crippen LogP contribution in [0.4, 0.5) is 13.2 Å². The average molecular weight is 230 g/mol. The molecule has 1 aromatic rings. The van der Waals surface area contributed by atoms with Gasteiger partial charge in [-0.15, -0.1) is 0 Å². The van der Waals surface area contributed by atoms with Crippen molar-refractivity contribution in [3.63, 3.8) is 0 Å². The van der Waals surface area contributed by atoms with Crippen molar-refractivity contribution in [3.8, 4) is 0 Å². The van der Waals surface area contributed by atoms with E-state index in [9.17, 15) is 13.2 Å². The number of nitrogens with two attached hydrogens (primary N) is 1. The standard InChI is InChI=1S/C11H13F3N2/c12-11(13,14)10-3-1-2-8-7(4-15)5-16-6-9(8)10/h1-3,7,16H,4-6,15H2. The van der Waals surface area contributed by atoms with Gasteiger partial charge in [-0.3, -0.25) is 0 Å². The second kappa shape index (κ2) is 4.07. The zero-order valence-corrected chi connectivity index (χ0v) is 8.64. The van der Waals surface area contributed by atoms with E-state index in [1.807, 2.05) is 0 Å². The average Bonchev–Trinajstić information content (AvgIpc) is 2.26. The summed E-state index contributed by atoms with van der Waals surface area (Å²) in [6.45, 7) is 1.27. The maximum Gasteiger partial charge on any atom is 0.416 e. The van der Waals surface area contributed by atoms with Crippen molar-refractivity contribution in [1.29, 1.82) is 0 Å². The van der Waals surface area contributed by atoms with Gasteiger partial charge in [-0.1, -0.05) is 12.1 Å². The highest BCUT2D eigenvalue weighted by molar-refractivity contribution is 5.41. The lowest BCUT2D eigenvalue weighted by molar-refractivity contribution is -0.138. The topological polar surface area (TPSA) is 38.0 Å². The summed E-state index contributed by atoms with van der Waals surface area (Å²) >= 11 is 0. The summed E-state index contributed by atoms with van der Waals surface area (Å²) in [6.07, 6.45) is -4.29. The van der Waals surface area contributed by atoms with Crippen LogP contribution in [0.3, 0.4) is 0 Å². The van der Waals surface area contributed by atoms with Gasteiger partial charge in [0.1, 0.15) is 0 Å². The molecule has 3 N–H and O–H groups in total. The Morgan fingerprint density at radius 2 is 2.12 bits per heavy atom. The zero-order chi connectivity index (χ0) is 11.8. The molecule has 0 radical (unpaired) electrons. The van der Waals surface area contributed by atoms with Gasteiger partial charge < -0.3 is 11.1 Å². The second-order valence-electron chi connectivity index (χ2n) is 3.93. The van der Waals surface area contributed by atoms with Crippen molar-refractivity contribution in [1.82, 2.24) is 5.32 Å². The van der Waals surface area contributed by atoms with Gasteiger partial charge in [0.15, 0.2) is 0 Å². The molecule has 2 nitrogen and oxygen atoms in total. The van der Waals surface area contributed by atoms with Crippen molar-refractivity contribution < 1.29 is 13.2 Å². The number of hydrogen-bond donors (Lipinski definition) is 2. The van der Waals surface area contributed by atoms with Crippen molar-refractivity contribution in [2.75, 3.05) is 13.1 Å². The fraction of sp³-hybridized carbons (Fsp3) is 0.455. The molecule has 1 atom stereocenters. The molecule has 0 bridgehead atoms. The predicted octanol–water partition coefficient (Wildman–Crippen LogP) is 1.85. The van der Waals surface area contributed by atoms with E-state index in [4.69, 9.17) is 5.73 Å². The Morgan fingerprint density at radius 3 is 2.75 bits per heavy atom. The summed E-state index contributed by atoms with van der Waals surface area (Å²) in [5.74, 6) is -0.0222. The van der Waals surface area contributed by atoms with Crippen molar-refractivity contribution in [3.05, 3.63) is 34.9 Å². The lowest BCUT2D eigenvalue weighted by Gasteiger charge is -2.27. The predicted molar refractivity (Wildman–Crippen MR) is 54.9 cm³/mol. The molecule has 0 aliphatic carbocycles. The van der Waals surface area contributed by atoms with E-state index >= 15 is 0 Å². The Morgan fingerprint density at radius 1 is 1.38 bits per heavy atom. The van der Waals surface area contributed by atoms with Crippen LogP contribution in [0.15, 0.2) is 18.2 Å². The van der Waals surface area contributed by atoms with Crippen LogP contribution in [0.1, 0.15) is 22.6 Å². The minimum Gasteiger partial charge on any atom is -0.330 e. The Balaban J connectivity index is 2.51. The van der Waals surface area contributed by atoms with E-state index in [2.05, 4.69) is 5.32 Å². The third-order valence-electron chi connectivity index (χ3n) is 2.93. The lowest BCUT2D eigenvalue weighted by Crippen LogP contribution is -2.33. The van der Waals surface area contributed by atoms with Crippen molar-refractivity contribution in [2.45, 2.75) is 18.6 Å². The summed E-state index contributed by atoms with van der Waals surface area (Å²) in [5, 5.41) is 2.97. The molecule has 1 unspecified atom stereocenters. The van der Waals surface area contributed by atoms with E-state index in [0.29, 0.717) is 18.7 Å². The van der Waals surface area contributed by atoms with Crippen LogP contribution in [-0.2, 0) is 12.7 Å². The van der Waals surface area contributed by atoms with Crippen molar-refractivity contribution in [2.24, 2.45) is 5.73 Å². The number of fused-ring (bicyclic) bond motifs is 1. The first kappa shape index (κ1) is 11.4. The third kappa shape index (κ3) is 1.92. The lowest BCUT2D eigenvalue weighted by atomic mass is 9.88. The fourth-order valence-electron chi connectivity index (χ4n) is 2.14. The van der Waals surface area contributed by atoms with Crippen molar-refractivity contribution >= 4 is 0 Å². The molecule has 1 aliphatic heterocycles. The summed E-state index contributed by atoms with van der Waals surface area (Å²) in [7, 11) is 0. The maximum atomic E-state index is 12.7. The SMILES string of the molecule is NCC1CNCc2c1cccc2C(F)(F)F. The van der Waals surface area contributed by atoms with Crippen LogP contribution in [0.5, 0.6) is 0 Å². The number of benzene rings is 1. The second-order valence-corrected chi connectivity index (χ2v) is 3.93. The molecule has 0 amide bonds. The van der Waals surface area contributed by atoms with E-state index in [-0.39, 0.29) is 12.5 Å². The smallest absolute Gasteiger partial charge is 0.330 e. The molecule has 0 saturated carbocycles. The third-order valence-corrected chi connectivity index (χ3v) is 2.93. The molecule has 5 heteroatoms. The van der Waals surface area contributed by atoms with E-state index in [1.165, 1.54) is 6.07 Å². The Labute approximate surface area is 91.6 Å². The van der Waals surface area contributed by atoms with Gasteiger partial charge in [0.05, 0.1) is 5.56 Å². The minimum absolute atomic E-state index is 0.0222. The number of nitrogens with one attached hydrogen (secondary N) is 1. The Bertz CT molecular complexity index is 387. The van der Waals surface area contributed by atoms with Crippen LogP contribution >= 0.6 is 0 Å². The molecular formula is C11H13F3N2. The highest BCUT2D eigenvalue weighted by Crippen LogP contribution is 2.36. The Hall–Kier alpha value is -1.07. The van der Waals surface area contributed by atoms with Gasteiger partial charge in [0.25, 0.3) is 0 Å². The van der Waals surface area contributed by atoms with Gasteiger partial charge in [-0.25, -0.2) is 0 Å². The first-order chi connectivity index (χ1) is 7.54. The first-order valence-electron chi connectivity index (χ1n) is 5.14. The molecule has 0 fully saturated rings. The van der Waals surface area contributed by atoms with E-state index in [1.54, 1.807) is 6.07 Å². The molecule has 0 aromatic heterocycles. The highest BCUT2D eigenvalue weighted by atomic mass is 19.4. The maximum absolute atomic E-state index is 12.7. The number of alkyl halides is 3. The van der Waals surface area contributed by atoms with Gasteiger partial charge >= 0.3 is 6.18 Å². The monoisotopic (exact) mass is 230 g/mol. The number of hydrogen-bond acceptors (Lipinski definition) is 2. The van der Waals surface area contributed by atoms with Gasteiger partial charge in [0.2, 0.25) is 0 Å². The number of halogens is 3. The number of rotatable bonds is 1. The molecule has 88 valence electrons. The van der Waals surface area contributed by atoms with Gasteiger partial charge in [-0.05, 0) is 17.2 Å². The van der Waals surface area contributed by atoms with E-state index in [0.717, 1.165) is 11.6 Å². The summed E-state index contributed by atoms with van der Waals surface area (Å²) < 4.78 is 38.2. The molecule has 16 heavy (non-hydrogen) atoms. The quantitative estimate of drug-likeness (QED) is 0.772. The molecule has 0 saturated heterocycles. The van der Waals surface area contributed by atoms with Crippen LogP contribution < -0.4 is 11.1 Å². The fourth-order valence-corrected chi connectivity index (χ4v) is 2.14. The van der Waals surface area contributed by atoms with Crippen LogP contribution in [0.2, 0.25) is 0 Å². The van der Waals surface area contributed by atoms with Gasteiger partial charge in [-0.2, -0.15) is 13.2 Å². The molecule has 0 spiro atoms. The molecule has 2 rings (SSSR count). The van der Waals surface area contributed by atoms with Crippen LogP contribution in [0.25, 0.3) is 0 Å².